The summed E-state index contributed by atoms with van der Waals surface area (Å²) in [4.78, 5) is 7.57. The Morgan fingerprint density at radius 2 is 2.09 bits per heavy atom. The molecule has 0 aliphatic heterocycles. The van der Waals surface area contributed by atoms with Gasteiger partial charge in [0.25, 0.3) is 0 Å². The highest BCUT2D eigenvalue weighted by Crippen LogP contribution is 2.38. The Labute approximate surface area is 136 Å². The maximum Gasteiger partial charge on any atom is 0.173 e. The lowest BCUT2D eigenvalue weighted by Gasteiger charge is -2.15. The molecule has 0 fully saturated rings. The summed E-state index contributed by atoms with van der Waals surface area (Å²) in [6, 6.07) is 5.69. The van der Waals surface area contributed by atoms with Crippen molar-refractivity contribution in [1.82, 2.24) is 9.97 Å². The molecule has 5 heteroatoms. The summed E-state index contributed by atoms with van der Waals surface area (Å²) in [6.45, 7) is 7.88. The van der Waals surface area contributed by atoms with Crippen molar-refractivity contribution in [2.45, 2.75) is 20.3 Å². The molecule has 0 unspecified atom stereocenters. The van der Waals surface area contributed by atoms with Crippen LogP contribution in [0.25, 0.3) is 22.2 Å². The van der Waals surface area contributed by atoms with E-state index in [1.807, 2.05) is 38.6 Å². The highest BCUT2D eigenvalue weighted by molar-refractivity contribution is 7.51. The zero-order chi connectivity index (χ0) is 16.6. The molecule has 3 nitrogen and oxygen atoms in total. The van der Waals surface area contributed by atoms with Crippen molar-refractivity contribution >= 4 is 19.2 Å². The van der Waals surface area contributed by atoms with Crippen LogP contribution in [0.1, 0.15) is 18.1 Å². The van der Waals surface area contributed by atoms with Crippen LogP contribution in [0.2, 0.25) is 0 Å². The molecule has 0 radical (unpaired) electrons. The molecule has 1 aromatic carbocycles. The van der Waals surface area contributed by atoms with E-state index in [0.717, 1.165) is 28.6 Å². The first-order valence-corrected chi connectivity index (χ1v) is 9.77. The molecule has 0 spiro atoms. The summed E-state index contributed by atoms with van der Waals surface area (Å²) >= 11 is 0. The molecule has 0 saturated carbocycles. The summed E-state index contributed by atoms with van der Waals surface area (Å²) in [5, 5.41) is 1.04. The van der Waals surface area contributed by atoms with Crippen molar-refractivity contribution in [3.8, 4) is 16.9 Å². The Morgan fingerprint density at radius 3 is 2.78 bits per heavy atom. The van der Waals surface area contributed by atoms with Crippen LogP contribution in [0.5, 0.6) is 5.75 Å². The van der Waals surface area contributed by atoms with Crippen molar-refractivity contribution in [3.63, 3.8) is 0 Å². The first-order valence-electron chi connectivity index (χ1n) is 7.62. The van der Waals surface area contributed by atoms with Crippen molar-refractivity contribution < 1.29 is 8.91 Å². The third kappa shape index (κ3) is 2.96. The Hall–Kier alpha value is -1.93. The number of aromatic nitrogens is 2. The molecule has 120 valence electrons. The quantitative estimate of drug-likeness (QED) is 0.661. The molecule has 2 aromatic heterocycles. The summed E-state index contributed by atoms with van der Waals surface area (Å²) < 4.78 is 20.7. The van der Waals surface area contributed by atoms with E-state index in [4.69, 9.17) is 4.52 Å². The van der Waals surface area contributed by atoms with Gasteiger partial charge < -0.3 is 9.51 Å². The van der Waals surface area contributed by atoms with E-state index >= 15 is 0 Å². The number of nitrogens with one attached hydrogen (secondary N) is 1. The molecule has 0 saturated heterocycles. The minimum absolute atomic E-state index is 0.309. The molecule has 0 atom stereocenters. The highest BCUT2D eigenvalue weighted by Gasteiger charge is 2.16. The Morgan fingerprint density at radius 1 is 1.30 bits per heavy atom. The summed E-state index contributed by atoms with van der Waals surface area (Å²) in [5.41, 5.74) is 4.13. The molecular weight excluding hydrogens is 310 g/mol. The number of halogens is 1. The fraction of sp³-hybridized carbons (Fsp3) is 0.278. The Kier molecular flexibility index (Phi) is 4.36. The van der Waals surface area contributed by atoms with Gasteiger partial charge in [0, 0.05) is 28.9 Å². The molecule has 1 N–H and O–H groups in total. The standard InChI is InChI=1S/C18H20FN2OP/c1-5-12-9-20-18-15(12)8-13(10-21-18)14-7-6-11(2)17(16(14)19)22-23(3)4/h6-10H,5H2,1-4H3,(H,20,21). The van der Waals surface area contributed by atoms with E-state index in [1.54, 1.807) is 12.3 Å². The lowest BCUT2D eigenvalue weighted by Crippen LogP contribution is -1.95. The van der Waals surface area contributed by atoms with Crippen LogP contribution in [0.4, 0.5) is 4.39 Å². The van der Waals surface area contributed by atoms with Crippen molar-refractivity contribution in [2.75, 3.05) is 13.3 Å². The van der Waals surface area contributed by atoms with Gasteiger partial charge in [0.1, 0.15) is 5.65 Å². The van der Waals surface area contributed by atoms with Crippen molar-refractivity contribution in [3.05, 3.63) is 47.5 Å². The van der Waals surface area contributed by atoms with Gasteiger partial charge in [0.15, 0.2) is 11.6 Å². The molecule has 0 amide bonds. The predicted molar refractivity (Wildman–Crippen MR) is 95.0 cm³/mol. The second-order valence-electron chi connectivity index (χ2n) is 5.76. The monoisotopic (exact) mass is 330 g/mol. The number of pyridine rings is 1. The zero-order valence-corrected chi connectivity index (χ0v) is 14.7. The van der Waals surface area contributed by atoms with E-state index in [0.29, 0.717) is 11.3 Å². The van der Waals surface area contributed by atoms with Crippen molar-refractivity contribution in [1.29, 1.82) is 0 Å². The Bertz CT molecular complexity index is 858. The zero-order valence-electron chi connectivity index (χ0n) is 13.8. The van der Waals surface area contributed by atoms with Crippen LogP contribution in [0.3, 0.4) is 0 Å². The number of aromatic amines is 1. The topological polar surface area (TPSA) is 37.9 Å². The van der Waals surface area contributed by atoms with Gasteiger partial charge in [-0.2, -0.15) is 0 Å². The summed E-state index contributed by atoms with van der Waals surface area (Å²) in [6.07, 6.45) is 4.57. The van der Waals surface area contributed by atoms with Crippen LogP contribution < -0.4 is 4.52 Å². The normalized spacial score (nSPS) is 11.4. The van der Waals surface area contributed by atoms with Gasteiger partial charge >= 0.3 is 0 Å². The van der Waals surface area contributed by atoms with Crippen LogP contribution in [0, 0.1) is 12.7 Å². The van der Waals surface area contributed by atoms with E-state index in [2.05, 4.69) is 16.9 Å². The van der Waals surface area contributed by atoms with Gasteiger partial charge in [-0.3, -0.25) is 0 Å². The second-order valence-corrected chi connectivity index (χ2v) is 7.57. The minimum atomic E-state index is -0.679. The lowest BCUT2D eigenvalue weighted by atomic mass is 10.0. The first kappa shape index (κ1) is 15.9. The summed E-state index contributed by atoms with van der Waals surface area (Å²) in [5.74, 6) is 0.0411. The number of aryl methyl sites for hydroxylation is 2. The second kappa shape index (κ2) is 6.29. The van der Waals surface area contributed by atoms with E-state index in [1.165, 1.54) is 5.56 Å². The van der Waals surface area contributed by atoms with Gasteiger partial charge in [0.05, 0.1) is 8.15 Å². The number of benzene rings is 1. The molecule has 0 bridgehead atoms. The number of hydrogen-bond donors (Lipinski definition) is 1. The smallest absolute Gasteiger partial charge is 0.173 e. The molecule has 0 aliphatic rings. The van der Waals surface area contributed by atoms with E-state index in [-0.39, 0.29) is 5.82 Å². The largest absolute Gasteiger partial charge is 0.471 e. The maximum absolute atomic E-state index is 14.9. The predicted octanol–water partition coefficient (Wildman–Crippen LogP) is 5.28. The van der Waals surface area contributed by atoms with Gasteiger partial charge in [-0.1, -0.05) is 19.1 Å². The van der Waals surface area contributed by atoms with Gasteiger partial charge in [-0.25, -0.2) is 9.37 Å². The van der Waals surface area contributed by atoms with Crippen LogP contribution in [-0.4, -0.2) is 23.3 Å². The molecular formula is C18H20FN2OP. The van der Waals surface area contributed by atoms with E-state index < -0.39 is 8.15 Å². The van der Waals surface area contributed by atoms with Gasteiger partial charge in [-0.15, -0.1) is 0 Å². The molecule has 2 heterocycles. The first-order chi connectivity index (χ1) is 11.0. The van der Waals surface area contributed by atoms with Crippen LogP contribution >= 0.6 is 8.15 Å². The molecule has 3 aromatic rings. The highest BCUT2D eigenvalue weighted by atomic mass is 31.1. The third-order valence-electron chi connectivity index (χ3n) is 3.88. The number of H-pyrrole nitrogens is 1. The van der Waals surface area contributed by atoms with Crippen LogP contribution in [0.15, 0.2) is 30.6 Å². The molecule has 23 heavy (non-hydrogen) atoms. The maximum atomic E-state index is 14.9. The van der Waals surface area contributed by atoms with Crippen molar-refractivity contribution in [2.24, 2.45) is 0 Å². The fourth-order valence-electron chi connectivity index (χ4n) is 2.67. The fourth-order valence-corrected chi connectivity index (χ4v) is 3.26. The average molecular weight is 330 g/mol. The Balaban J connectivity index is 2.14. The van der Waals surface area contributed by atoms with Gasteiger partial charge in [0.2, 0.25) is 0 Å². The SMILES string of the molecule is CCc1c[nH]c2ncc(-c3ccc(C)c(OP(C)C)c3F)cc12. The number of rotatable bonds is 4. The molecule has 3 rings (SSSR count). The van der Waals surface area contributed by atoms with Crippen LogP contribution in [-0.2, 0) is 6.42 Å². The molecule has 0 aliphatic carbocycles. The lowest BCUT2D eigenvalue weighted by molar-refractivity contribution is 0.530. The number of fused-ring (bicyclic) bond motifs is 1. The average Bonchev–Trinajstić information content (AvgIpc) is 2.93. The number of nitrogens with zero attached hydrogens (tertiary/aromatic N) is 1. The minimum Gasteiger partial charge on any atom is -0.471 e. The number of hydrogen-bond acceptors (Lipinski definition) is 2. The van der Waals surface area contributed by atoms with E-state index in [9.17, 15) is 4.39 Å². The summed E-state index contributed by atoms with van der Waals surface area (Å²) in [7, 11) is -0.679. The third-order valence-corrected chi connectivity index (χ3v) is 4.42. The van der Waals surface area contributed by atoms with Gasteiger partial charge in [-0.05, 0) is 43.9 Å².